The molecule has 0 aliphatic rings. The van der Waals surface area contributed by atoms with E-state index in [2.05, 4.69) is 79.5 Å². The number of aromatic nitrogens is 2. The summed E-state index contributed by atoms with van der Waals surface area (Å²) in [5.74, 6) is 0. The zero-order valence-corrected chi connectivity index (χ0v) is 30.5. The number of rotatable bonds is 3. The third-order valence-electron chi connectivity index (χ3n) is 11.6. The molecule has 7 heteroatoms. The second-order valence-corrected chi connectivity index (χ2v) is 14.5. The van der Waals surface area contributed by atoms with Crippen molar-refractivity contribution in [2.45, 2.75) is 0 Å². The number of fused-ring (bicyclic) bond motifs is 12. The van der Waals surface area contributed by atoms with E-state index in [1.54, 1.807) is 6.07 Å². The number of hydrogen-bond acceptors (Lipinski definition) is 3. The van der Waals surface area contributed by atoms with Gasteiger partial charge in [0, 0.05) is 54.3 Å². The van der Waals surface area contributed by atoms with Gasteiger partial charge in [0.2, 0.25) is 5.69 Å². The quantitative estimate of drug-likeness (QED) is 0.169. The Morgan fingerprint density at radius 2 is 1.02 bits per heavy atom. The van der Waals surface area contributed by atoms with E-state index >= 15 is 0 Å². The second kappa shape index (κ2) is 11.7. The molecule has 0 spiro atoms. The van der Waals surface area contributed by atoms with E-state index in [4.69, 9.17) is 22.0 Å². The lowest BCUT2D eigenvalue weighted by Crippen LogP contribution is -2.02. The molecule has 266 valence electrons. The third-order valence-corrected chi connectivity index (χ3v) is 11.6. The SMILES string of the molecule is [C-]#[N+]c1cc(-c2cccc(C#N)c2-n2c3ccccc3c3cc4oc5ccccc5c4cc32)cc(-n2c3ccccc3c3cc4oc5ccccc5c4cc32)c1[N+]#[C-]. The Morgan fingerprint density at radius 1 is 0.466 bits per heavy atom. The first kappa shape index (κ1) is 31.7. The molecule has 4 aromatic heterocycles. The average molecular weight is 740 g/mol. The molecule has 8 aromatic carbocycles. The lowest BCUT2D eigenvalue weighted by atomic mass is 9.97. The van der Waals surface area contributed by atoms with Crippen LogP contribution in [0.25, 0.3) is 120 Å². The predicted octanol–water partition coefficient (Wildman–Crippen LogP) is 14.3. The highest BCUT2D eigenvalue weighted by Crippen LogP contribution is 2.47. The number of furan rings is 2. The van der Waals surface area contributed by atoms with Crippen LogP contribution in [0.2, 0.25) is 0 Å². The summed E-state index contributed by atoms with van der Waals surface area (Å²) < 4.78 is 16.9. The van der Waals surface area contributed by atoms with Crippen LogP contribution in [0.1, 0.15) is 5.56 Å². The van der Waals surface area contributed by atoms with Crippen LogP contribution >= 0.6 is 0 Å². The molecule has 0 aliphatic carbocycles. The van der Waals surface area contributed by atoms with Gasteiger partial charge in [0.05, 0.1) is 46.5 Å². The third kappa shape index (κ3) is 4.23. The van der Waals surface area contributed by atoms with Crippen LogP contribution in [0.3, 0.4) is 0 Å². The van der Waals surface area contributed by atoms with Gasteiger partial charge < -0.3 is 18.0 Å². The highest BCUT2D eigenvalue weighted by atomic mass is 16.3. The summed E-state index contributed by atoms with van der Waals surface area (Å²) in [6, 6.07) is 52.8. The maximum absolute atomic E-state index is 10.8. The summed E-state index contributed by atoms with van der Waals surface area (Å²) in [4.78, 5) is 7.97. The summed E-state index contributed by atoms with van der Waals surface area (Å²) in [5.41, 5.74) is 10.5. The van der Waals surface area contributed by atoms with E-state index in [0.29, 0.717) is 22.5 Å². The average Bonchev–Trinajstić information content (AvgIpc) is 4.01. The summed E-state index contributed by atoms with van der Waals surface area (Å²) in [7, 11) is 0. The molecule has 12 rings (SSSR count). The van der Waals surface area contributed by atoms with Crippen LogP contribution in [-0.2, 0) is 0 Å². The first-order chi connectivity index (χ1) is 28.6. The van der Waals surface area contributed by atoms with Crippen LogP contribution in [0.15, 0.2) is 160 Å². The summed E-state index contributed by atoms with van der Waals surface area (Å²) in [6.45, 7) is 16.8. The molecule has 4 heterocycles. The lowest BCUT2D eigenvalue weighted by molar-refractivity contribution is 0.669. The molecule has 12 aromatic rings. The van der Waals surface area contributed by atoms with Crippen molar-refractivity contribution < 1.29 is 8.83 Å². The Bertz CT molecular complexity index is 3910. The van der Waals surface area contributed by atoms with Gasteiger partial charge in [-0.05, 0) is 66.2 Å². The van der Waals surface area contributed by atoms with Crippen molar-refractivity contribution in [2.75, 3.05) is 0 Å². The highest BCUT2D eigenvalue weighted by molar-refractivity contribution is 6.19. The smallest absolute Gasteiger partial charge is 0.217 e. The second-order valence-electron chi connectivity index (χ2n) is 14.5. The molecular formula is C51H25N5O2. The Hall–Kier alpha value is -8.57. The minimum atomic E-state index is 0.227. The minimum Gasteiger partial charge on any atom is -0.456 e. The summed E-state index contributed by atoms with van der Waals surface area (Å²) >= 11 is 0. The topological polar surface area (TPSA) is 68.6 Å². The monoisotopic (exact) mass is 739 g/mol. The number of para-hydroxylation sites is 5. The molecule has 0 fully saturated rings. The molecule has 0 unspecified atom stereocenters. The van der Waals surface area contributed by atoms with Gasteiger partial charge in [-0.2, -0.15) is 5.26 Å². The van der Waals surface area contributed by atoms with E-state index in [1.165, 1.54) is 0 Å². The lowest BCUT2D eigenvalue weighted by Gasteiger charge is -2.18. The van der Waals surface area contributed by atoms with Gasteiger partial charge >= 0.3 is 0 Å². The van der Waals surface area contributed by atoms with Crippen LogP contribution in [0.4, 0.5) is 11.4 Å². The van der Waals surface area contributed by atoms with Crippen molar-refractivity contribution in [3.05, 3.63) is 180 Å². The van der Waals surface area contributed by atoms with Gasteiger partial charge in [0.25, 0.3) is 0 Å². The van der Waals surface area contributed by atoms with Gasteiger partial charge in [-0.25, -0.2) is 9.69 Å². The van der Waals surface area contributed by atoms with Crippen molar-refractivity contribution in [1.82, 2.24) is 9.13 Å². The molecule has 0 radical (unpaired) electrons. The van der Waals surface area contributed by atoms with Crippen LogP contribution in [-0.4, -0.2) is 9.13 Å². The fourth-order valence-electron chi connectivity index (χ4n) is 9.11. The first-order valence-corrected chi connectivity index (χ1v) is 18.8. The van der Waals surface area contributed by atoms with Gasteiger partial charge in [-0.15, -0.1) is 0 Å². The molecule has 58 heavy (non-hydrogen) atoms. The Morgan fingerprint density at radius 3 is 1.60 bits per heavy atom. The standard InChI is InChI=1S/C51H25N5O2/c1-53-40-22-30(23-45(50(40)54-2)55-41-18-7-3-13-32(41)36-26-48-38(24-43(36)55)34-15-5-9-20-46(34)57-48)31-17-11-12-29(28-52)51(31)56-42-19-8-4-14-33(42)37-27-49-39(25-44(37)56)35-16-6-10-21-47(35)58-49/h3-27H. The Kier molecular flexibility index (Phi) is 6.41. The maximum atomic E-state index is 10.8. The Balaban J connectivity index is 1.19. The van der Waals surface area contributed by atoms with E-state index < -0.39 is 0 Å². The van der Waals surface area contributed by atoms with Crippen molar-refractivity contribution in [3.63, 3.8) is 0 Å². The number of benzene rings is 8. The van der Waals surface area contributed by atoms with Crippen LogP contribution in [0.5, 0.6) is 0 Å². The van der Waals surface area contributed by atoms with Gasteiger partial charge in [0.15, 0.2) is 5.69 Å². The molecule has 0 amide bonds. The van der Waals surface area contributed by atoms with Gasteiger partial charge in [-0.1, -0.05) is 91.0 Å². The minimum absolute atomic E-state index is 0.227. The van der Waals surface area contributed by atoms with E-state index in [1.807, 2.05) is 91.0 Å². The fraction of sp³-hybridized carbons (Fsp3) is 0. The number of nitriles is 1. The van der Waals surface area contributed by atoms with Crippen LogP contribution in [0, 0.1) is 24.5 Å². The normalized spacial score (nSPS) is 11.7. The number of hydrogen-bond donors (Lipinski definition) is 0. The number of nitrogens with zero attached hydrogens (tertiary/aromatic N) is 5. The highest BCUT2D eigenvalue weighted by Gasteiger charge is 2.24. The molecule has 7 nitrogen and oxygen atoms in total. The van der Waals surface area contributed by atoms with Gasteiger partial charge in [-0.3, -0.25) is 0 Å². The van der Waals surface area contributed by atoms with Crippen molar-refractivity contribution in [1.29, 1.82) is 5.26 Å². The van der Waals surface area contributed by atoms with Crippen molar-refractivity contribution in [2.24, 2.45) is 0 Å². The molecule has 0 N–H and O–H groups in total. The predicted molar refractivity (Wildman–Crippen MR) is 232 cm³/mol. The molecule has 0 saturated carbocycles. The fourth-order valence-corrected chi connectivity index (χ4v) is 9.11. The van der Waals surface area contributed by atoms with Gasteiger partial charge in [0.1, 0.15) is 28.4 Å². The van der Waals surface area contributed by atoms with Crippen LogP contribution < -0.4 is 0 Å². The summed E-state index contributed by atoms with van der Waals surface area (Å²) in [6.07, 6.45) is 0. The zero-order chi connectivity index (χ0) is 38.6. The molecule has 0 aliphatic heterocycles. The molecule has 0 saturated heterocycles. The largest absolute Gasteiger partial charge is 0.456 e. The zero-order valence-electron chi connectivity index (χ0n) is 30.5. The van der Waals surface area contributed by atoms with E-state index in [-0.39, 0.29) is 11.4 Å². The molecule has 0 atom stereocenters. The van der Waals surface area contributed by atoms with Crippen molar-refractivity contribution >= 4 is 98.9 Å². The summed E-state index contributed by atoms with van der Waals surface area (Å²) in [5, 5.41) is 18.8. The van der Waals surface area contributed by atoms with E-state index in [9.17, 15) is 5.26 Å². The molecular weight excluding hydrogens is 715 g/mol. The maximum Gasteiger partial charge on any atom is 0.217 e. The van der Waals surface area contributed by atoms with Crippen molar-refractivity contribution in [3.8, 4) is 28.6 Å². The van der Waals surface area contributed by atoms with E-state index in [0.717, 1.165) is 93.1 Å². The molecule has 0 bridgehead atoms. The Labute approximate surface area is 329 Å². The first-order valence-electron chi connectivity index (χ1n) is 18.8.